The second-order valence-corrected chi connectivity index (χ2v) is 0.848. The summed E-state index contributed by atoms with van der Waals surface area (Å²) in [7, 11) is -3.13. The first kappa shape index (κ1) is 15.6. The zero-order chi connectivity index (χ0) is 3.58. The molecule has 0 rings (SSSR count). The molecule has 0 aromatic rings. The molecule has 0 saturated carbocycles. The summed E-state index contributed by atoms with van der Waals surface area (Å²) < 4.78 is 8.74. The molecule has 0 bridgehead atoms. The minimum atomic E-state index is -3.13. The molecule has 0 unspecified atom stereocenters. The van der Waals surface area contributed by atoms with E-state index in [-0.39, 0.29) is 47.3 Å². The third kappa shape index (κ3) is 43.0. The Balaban J connectivity index is -0.0000000450. The van der Waals surface area contributed by atoms with Gasteiger partial charge in [0.1, 0.15) is 0 Å². The van der Waals surface area contributed by atoms with Crippen LogP contribution in [0.15, 0.2) is 0 Å². The molecule has 0 aliphatic rings. The Hall–Kier alpha value is 1.72. The van der Waals surface area contributed by atoms with Crippen LogP contribution in [0.5, 0.6) is 0 Å². The standard InChI is InChI=1S/H3O3P.Pt.Zr/c1-4(2)3;;/h4H,(H2,1,2,3);;. The molecule has 6 heteroatoms. The molecule has 0 aromatic heterocycles. The molecule has 40 valence electrons. The maximum absolute atomic E-state index is 8.74. The molecule has 3 nitrogen and oxygen atoms in total. The Morgan fingerprint density at radius 2 is 1.33 bits per heavy atom. The van der Waals surface area contributed by atoms with E-state index >= 15 is 0 Å². The largest absolute Gasteiger partial charge is 0.326 e. The summed E-state index contributed by atoms with van der Waals surface area (Å²) in [6, 6.07) is 0. The molecule has 0 radical (unpaired) electrons. The summed E-state index contributed by atoms with van der Waals surface area (Å²) in [5.74, 6) is 0. The first-order valence-electron chi connectivity index (χ1n) is 0.651. The van der Waals surface area contributed by atoms with Crippen molar-refractivity contribution < 1.29 is 61.6 Å². The maximum atomic E-state index is 8.74. The Labute approximate surface area is 69.5 Å². The van der Waals surface area contributed by atoms with Crippen molar-refractivity contribution >= 4 is 8.25 Å². The van der Waals surface area contributed by atoms with E-state index in [1.165, 1.54) is 0 Å². The predicted molar refractivity (Wildman–Crippen MR) is 13.4 cm³/mol. The number of hydrogen-bond acceptors (Lipinski definition) is 1. The number of hydrogen-bond donors (Lipinski definition) is 2. The van der Waals surface area contributed by atoms with Crippen LogP contribution in [0.2, 0.25) is 0 Å². The molecule has 0 atom stereocenters. The fourth-order valence-corrected chi connectivity index (χ4v) is 0. The Morgan fingerprint density at radius 3 is 1.33 bits per heavy atom. The van der Waals surface area contributed by atoms with Crippen LogP contribution in [0.4, 0.5) is 0 Å². The van der Waals surface area contributed by atoms with Gasteiger partial charge in [-0.05, 0) is 0 Å². The van der Waals surface area contributed by atoms with Gasteiger partial charge in [0.25, 0.3) is 0 Å². The molecule has 6 heavy (non-hydrogen) atoms. The van der Waals surface area contributed by atoms with Crippen molar-refractivity contribution in [2.24, 2.45) is 0 Å². The fraction of sp³-hybridized carbons (Fsp3) is 0. The predicted octanol–water partition coefficient (Wildman–Crippen LogP) is -0.644. The van der Waals surface area contributed by atoms with Crippen LogP contribution in [0.3, 0.4) is 0 Å². The summed E-state index contributed by atoms with van der Waals surface area (Å²) >= 11 is 0. The normalized spacial score (nSPS) is 5.83. The topological polar surface area (TPSA) is 57.5 Å². The van der Waals surface area contributed by atoms with Crippen LogP contribution in [0.25, 0.3) is 0 Å². The van der Waals surface area contributed by atoms with Gasteiger partial charge in [-0.2, -0.15) is 0 Å². The van der Waals surface area contributed by atoms with Gasteiger partial charge in [0.05, 0.1) is 0 Å². The van der Waals surface area contributed by atoms with Crippen LogP contribution < -0.4 is 0 Å². The molecule has 0 spiro atoms. The molecular formula is H3O3PPtZr. The van der Waals surface area contributed by atoms with Gasteiger partial charge in [-0.1, -0.05) is 0 Å². The molecule has 0 aromatic carbocycles. The molecule has 0 aliphatic heterocycles. The average Bonchev–Trinajstić information content (AvgIpc) is 0.811. The molecule has 0 fully saturated rings. The van der Waals surface area contributed by atoms with Gasteiger partial charge in [0, 0.05) is 47.3 Å². The zero-order valence-corrected chi connectivity index (χ0v) is 8.35. The molecular weight excluding hydrogens is 365 g/mol. The van der Waals surface area contributed by atoms with E-state index in [0.717, 1.165) is 0 Å². The third-order valence-electron chi connectivity index (χ3n) is 0. The minimum Gasteiger partial charge on any atom is -0.326 e. The van der Waals surface area contributed by atoms with Gasteiger partial charge in [-0.25, -0.2) is 0 Å². The van der Waals surface area contributed by atoms with Crippen LogP contribution in [-0.2, 0) is 51.8 Å². The van der Waals surface area contributed by atoms with Crippen molar-refractivity contribution in [1.29, 1.82) is 0 Å². The quantitative estimate of drug-likeness (QED) is 0.559. The van der Waals surface area contributed by atoms with E-state index in [1.54, 1.807) is 0 Å². The van der Waals surface area contributed by atoms with Gasteiger partial charge in [-0.15, -0.1) is 0 Å². The second kappa shape index (κ2) is 9.87. The number of rotatable bonds is 0. The molecule has 0 amide bonds. The SMILES string of the molecule is O=[PH](O)O.[Pt].[Zr]. The van der Waals surface area contributed by atoms with Crippen molar-refractivity contribution in [2.75, 3.05) is 0 Å². The minimum absolute atomic E-state index is 0. The molecule has 0 heterocycles. The first-order valence-corrected chi connectivity index (χ1v) is 1.95. The monoisotopic (exact) mass is 367 g/mol. The molecule has 0 saturated heterocycles. The fourth-order valence-electron chi connectivity index (χ4n) is 0. The van der Waals surface area contributed by atoms with E-state index in [4.69, 9.17) is 14.4 Å². The van der Waals surface area contributed by atoms with Crippen molar-refractivity contribution in [2.45, 2.75) is 0 Å². The van der Waals surface area contributed by atoms with E-state index in [2.05, 4.69) is 0 Å². The van der Waals surface area contributed by atoms with Crippen LogP contribution in [0, 0.1) is 0 Å². The van der Waals surface area contributed by atoms with E-state index in [1.807, 2.05) is 0 Å². The molecule has 2 N–H and O–H groups in total. The second-order valence-electron chi connectivity index (χ2n) is 0.283. The van der Waals surface area contributed by atoms with Crippen molar-refractivity contribution in [3.8, 4) is 0 Å². The van der Waals surface area contributed by atoms with Gasteiger partial charge in [-0.3, -0.25) is 4.57 Å². The van der Waals surface area contributed by atoms with E-state index in [0.29, 0.717) is 0 Å². The first-order chi connectivity index (χ1) is 1.73. The van der Waals surface area contributed by atoms with Gasteiger partial charge in [0.2, 0.25) is 0 Å². The molecule has 0 aliphatic carbocycles. The Morgan fingerprint density at radius 1 is 1.33 bits per heavy atom. The van der Waals surface area contributed by atoms with Crippen LogP contribution >= 0.6 is 8.25 Å². The van der Waals surface area contributed by atoms with Gasteiger partial charge in [0.15, 0.2) is 0 Å². The van der Waals surface area contributed by atoms with Crippen molar-refractivity contribution in [3.63, 3.8) is 0 Å². The third-order valence-corrected chi connectivity index (χ3v) is 0. The summed E-state index contributed by atoms with van der Waals surface area (Å²) in [6.45, 7) is 0. The summed E-state index contributed by atoms with van der Waals surface area (Å²) in [4.78, 5) is 14.3. The van der Waals surface area contributed by atoms with Crippen LogP contribution in [0.1, 0.15) is 0 Å². The van der Waals surface area contributed by atoms with Crippen molar-refractivity contribution in [1.82, 2.24) is 0 Å². The van der Waals surface area contributed by atoms with Crippen LogP contribution in [-0.4, -0.2) is 9.79 Å². The van der Waals surface area contributed by atoms with Gasteiger partial charge >= 0.3 is 8.25 Å². The average molecular weight is 368 g/mol. The summed E-state index contributed by atoms with van der Waals surface area (Å²) in [5, 5.41) is 0. The summed E-state index contributed by atoms with van der Waals surface area (Å²) in [5.41, 5.74) is 0. The zero-order valence-electron chi connectivity index (χ0n) is 2.62. The van der Waals surface area contributed by atoms with E-state index < -0.39 is 8.25 Å². The smallest absolute Gasteiger partial charge is 0.314 e. The van der Waals surface area contributed by atoms with E-state index in [9.17, 15) is 0 Å². The Bertz CT molecular complexity index is 33.8. The maximum Gasteiger partial charge on any atom is 0.314 e. The summed E-state index contributed by atoms with van der Waals surface area (Å²) in [6.07, 6.45) is 0. The van der Waals surface area contributed by atoms with Gasteiger partial charge < -0.3 is 9.79 Å². The van der Waals surface area contributed by atoms with Crippen molar-refractivity contribution in [3.05, 3.63) is 0 Å². The Kier molecular flexibility index (Phi) is 25.7.